The van der Waals surface area contributed by atoms with Crippen molar-refractivity contribution in [3.8, 4) is 11.5 Å². The van der Waals surface area contributed by atoms with Gasteiger partial charge in [-0.25, -0.2) is 0 Å². The molecular weight excluding hydrogens is 370 g/mol. The topological polar surface area (TPSA) is 73.9 Å². The molecule has 27 heavy (non-hydrogen) atoms. The van der Waals surface area contributed by atoms with Gasteiger partial charge in [0.1, 0.15) is 11.5 Å². The van der Waals surface area contributed by atoms with Crippen LogP contribution in [-0.2, 0) is 14.3 Å². The van der Waals surface area contributed by atoms with Crippen molar-refractivity contribution in [1.82, 2.24) is 0 Å². The first-order valence-electron chi connectivity index (χ1n) is 8.64. The van der Waals surface area contributed by atoms with E-state index in [1.165, 1.54) is 0 Å². The lowest BCUT2D eigenvalue weighted by molar-refractivity contribution is -0.147. The van der Waals surface area contributed by atoms with Gasteiger partial charge in [-0.2, -0.15) is 0 Å². The van der Waals surface area contributed by atoms with Gasteiger partial charge in [-0.1, -0.05) is 35.9 Å². The maximum absolute atomic E-state index is 11.9. The number of para-hydroxylation sites is 3. The molecule has 0 heterocycles. The summed E-state index contributed by atoms with van der Waals surface area (Å²) in [4.78, 5) is 23.7. The third-order valence-corrected chi connectivity index (χ3v) is 3.76. The van der Waals surface area contributed by atoms with Crippen molar-refractivity contribution in [2.75, 3.05) is 25.1 Å². The fourth-order valence-corrected chi connectivity index (χ4v) is 2.41. The molecule has 0 aliphatic rings. The van der Waals surface area contributed by atoms with Crippen LogP contribution in [0.5, 0.6) is 11.5 Å². The zero-order valence-electron chi connectivity index (χ0n) is 15.1. The molecule has 0 aliphatic heterocycles. The van der Waals surface area contributed by atoms with E-state index >= 15 is 0 Å². The first kappa shape index (κ1) is 20.6. The summed E-state index contributed by atoms with van der Waals surface area (Å²) < 4.78 is 15.9. The molecule has 0 aromatic heterocycles. The molecule has 0 aliphatic carbocycles. The molecule has 144 valence electrons. The van der Waals surface area contributed by atoms with Crippen molar-refractivity contribution in [3.63, 3.8) is 0 Å². The van der Waals surface area contributed by atoms with E-state index in [4.69, 9.17) is 25.8 Å². The molecule has 2 rings (SSSR count). The normalized spacial score (nSPS) is 10.1. The molecule has 0 fully saturated rings. The molecule has 2 aromatic carbocycles. The van der Waals surface area contributed by atoms with Crippen molar-refractivity contribution in [2.24, 2.45) is 0 Å². The number of benzene rings is 2. The van der Waals surface area contributed by atoms with E-state index in [1.807, 2.05) is 25.1 Å². The van der Waals surface area contributed by atoms with Gasteiger partial charge >= 0.3 is 5.97 Å². The SMILES string of the molecule is CCOc1ccccc1NC(=O)COC(=O)CCCOc1ccccc1Cl. The molecule has 0 spiro atoms. The molecule has 0 saturated heterocycles. The monoisotopic (exact) mass is 391 g/mol. The van der Waals surface area contributed by atoms with Crippen LogP contribution in [0.4, 0.5) is 5.69 Å². The highest BCUT2D eigenvalue weighted by Gasteiger charge is 2.10. The van der Waals surface area contributed by atoms with E-state index in [-0.39, 0.29) is 13.0 Å². The Kier molecular flexibility index (Phi) is 8.45. The first-order chi connectivity index (χ1) is 13.1. The van der Waals surface area contributed by atoms with E-state index in [2.05, 4.69) is 5.32 Å². The number of esters is 1. The second-order valence-corrected chi connectivity index (χ2v) is 5.93. The summed E-state index contributed by atoms with van der Waals surface area (Å²) in [6.45, 7) is 2.31. The van der Waals surface area contributed by atoms with Crippen LogP contribution < -0.4 is 14.8 Å². The van der Waals surface area contributed by atoms with Crippen molar-refractivity contribution in [3.05, 3.63) is 53.6 Å². The van der Waals surface area contributed by atoms with E-state index in [0.29, 0.717) is 41.8 Å². The summed E-state index contributed by atoms with van der Waals surface area (Å²) in [5.41, 5.74) is 0.536. The Hall–Kier alpha value is -2.73. The lowest BCUT2D eigenvalue weighted by atomic mass is 10.3. The molecule has 7 heteroatoms. The van der Waals surface area contributed by atoms with Gasteiger partial charge in [0, 0.05) is 6.42 Å². The van der Waals surface area contributed by atoms with Crippen LogP contribution >= 0.6 is 11.6 Å². The number of nitrogens with one attached hydrogen (secondary N) is 1. The Labute approximate surface area is 163 Å². The Balaban J connectivity index is 1.66. The van der Waals surface area contributed by atoms with Gasteiger partial charge in [0.25, 0.3) is 5.91 Å². The van der Waals surface area contributed by atoms with Gasteiger partial charge in [0.05, 0.1) is 23.9 Å². The summed E-state index contributed by atoms with van der Waals surface area (Å²) in [6.07, 6.45) is 0.603. The number of hydrogen-bond donors (Lipinski definition) is 1. The summed E-state index contributed by atoms with van der Waals surface area (Å²) in [6, 6.07) is 14.2. The van der Waals surface area contributed by atoms with Crippen molar-refractivity contribution >= 4 is 29.2 Å². The van der Waals surface area contributed by atoms with Crippen molar-refractivity contribution in [2.45, 2.75) is 19.8 Å². The highest BCUT2D eigenvalue weighted by atomic mass is 35.5. The summed E-state index contributed by atoms with van der Waals surface area (Å²) in [5.74, 6) is 0.241. The fraction of sp³-hybridized carbons (Fsp3) is 0.300. The van der Waals surface area contributed by atoms with Gasteiger partial charge < -0.3 is 19.5 Å². The number of carbonyl (C=O) groups excluding carboxylic acids is 2. The lowest BCUT2D eigenvalue weighted by Gasteiger charge is -2.11. The van der Waals surface area contributed by atoms with Crippen LogP contribution in [0.1, 0.15) is 19.8 Å². The van der Waals surface area contributed by atoms with Crippen LogP contribution in [0.25, 0.3) is 0 Å². The molecule has 0 atom stereocenters. The van der Waals surface area contributed by atoms with Gasteiger partial charge in [-0.3, -0.25) is 9.59 Å². The maximum atomic E-state index is 11.9. The molecule has 0 bridgehead atoms. The zero-order chi connectivity index (χ0) is 19.5. The predicted octanol–water partition coefficient (Wildman–Crippen LogP) is 4.08. The summed E-state index contributed by atoms with van der Waals surface area (Å²) in [7, 11) is 0. The Morgan fingerprint density at radius 2 is 1.70 bits per heavy atom. The van der Waals surface area contributed by atoms with E-state index < -0.39 is 11.9 Å². The van der Waals surface area contributed by atoms with Crippen LogP contribution in [-0.4, -0.2) is 31.7 Å². The molecule has 0 unspecified atom stereocenters. The Morgan fingerprint density at radius 1 is 1.00 bits per heavy atom. The van der Waals surface area contributed by atoms with Gasteiger partial charge in [0.15, 0.2) is 6.61 Å². The van der Waals surface area contributed by atoms with E-state index in [0.717, 1.165) is 0 Å². The van der Waals surface area contributed by atoms with Crippen LogP contribution in [0.15, 0.2) is 48.5 Å². The predicted molar refractivity (Wildman–Crippen MR) is 103 cm³/mol. The van der Waals surface area contributed by atoms with E-state index in [9.17, 15) is 9.59 Å². The Bertz CT molecular complexity index is 766. The fourth-order valence-electron chi connectivity index (χ4n) is 2.22. The molecule has 6 nitrogen and oxygen atoms in total. The molecular formula is C20H22ClNO5. The average Bonchev–Trinajstić information content (AvgIpc) is 2.66. The lowest BCUT2D eigenvalue weighted by Crippen LogP contribution is -2.21. The van der Waals surface area contributed by atoms with Crippen molar-refractivity contribution < 1.29 is 23.8 Å². The summed E-state index contributed by atoms with van der Waals surface area (Å²) in [5, 5.41) is 3.18. The number of hydrogen-bond acceptors (Lipinski definition) is 5. The number of amides is 1. The van der Waals surface area contributed by atoms with Gasteiger partial charge in [0.2, 0.25) is 0 Å². The quantitative estimate of drug-likeness (QED) is 0.488. The number of rotatable bonds is 10. The minimum absolute atomic E-state index is 0.146. The minimum atomic E-state index is -0.467. The molecule has 1 amide bonds. The molecule has 2 aromatic rings. The van der Waals surface area contributed by atoms with Crippen LogP contribution in [0.2, 0.25) is 5.02 Å². The zero-order valence-corrected chi connectivity index (χ0v) is 15.8. The van der Waals surface area contributed by atoms with E-state index in [1.54, 1.807) is 30.3 Å². The maximum Gasteiger partial charge on any atom is 0.306 e. The second kappa shape index (κ2) is 11.1. The largest absolute Gasteiger partial charge is 0.492 e. The average molecular weight is 392 g/mol. The smallest absolute Gasteiger partial charge is 0.306 e. The first-order valence-corrected chi connectivity index (χ1v) is 9.02. The molecule has 0 saturated carbocycles. The minimum Gasteiger partial charge on any atom is -0.492 e. The number of anilines is 1. The number of ether oxygens (including phenoxy) is 3. The van der Waals surface area contributed by atoms with Gasteiger partial charge in [-0.15, -0.1) is 0 Å². The van der Waals surface area contributed by atoms with Crippen LogP contribution in [0, 0.1) is 0 Å². The highest BCUT2D eigenvalue weighted by Crippen LogP contribution is 2.24. The number of halogens is 1. The number of carbonyl (C=O) groups is 2. The molecule has 1 N–H and O–H groups in total. The van der Waals surface area contributed by atoms with Crippen LogP contribution in [0.3, 0.4) is 0 Å². The highest BCUT2D eigenvalue weighted by molar-refractivity contribution is 6.32. The second-order valence-electron chi connectivity index (χ2n) is 5.52. The molecule has 0 radical (unpaired) electrons. The standard InChI is InChI=1S/C20H22ClNO5/c1-2-25-18-11-6-4-9-16(18)22-19(23)14-27-20(24)12-7-13-26-17-10-5-3-8-15(17)21/h3-6,8-11H,2,7,12-14H2,1H3,(H,22,23). The van der Waals surface area contributed by atoms with Gasteiger partial charge in [-0.05, 0) is 37.6 Å². The Morgan fingerprint density at radius 3 is 2.44 bits per heavy atom. The van der Waals surface area contributed by atoms with Crippen molar-refractivity contribution in [1.29, 1.82) is 0 Å². The summed E-state index contributed by atoms with van der Waals surface area (Å²) >= 11 is 5.98. The third kappa shape index (κ3) is 7.19. The third-order valence-electron chi connectivity index (χ3n) is 3.44.